The van der Waals surface area contributed by atoms with Crippen LogP contribution in [-0.2, 0) is 16.1 Å². The maximum atomic E-state index is 11.7. The summed E-state index contributed by atoms with van der Waals surface area (Å²) in [7, 11) is 0. The van der Waals surface area contributed by atoms with Crippen molar-refractivity contribution in [3.05, 3.63) is 35.4 Å². The normalized spacial score (nSPS) is 24.5. The largest absolute Gasteiger partial charge is 0.445 e. The molecule has 1 saturated heterocycles. The van der Waals surface area contributed by atoms with Crippen LogP contribution in [0.5, 0.6) is 0 Å². The predicted octanol–water partition coefficient (Wildman–Crippen LogP) is 2.85. The van der Waals surface area contributed by atoms with Gasteiger partial charge in [0.25, 0.3) is 0 Å². The van der Waals surface area contributed by atoms with E-state index in [1.54, 1.807) is 0 Å². The fourth-order valence-corrected chi connectivity index (χ4v) is 3.36. The molecule has 1 aliphatic carbocycles. The van der Waals surface area contributed by atoms with Crippen LogP contribution in [0.15, 0.2) is 24.3 Å². The second kappa shape index (κ2) is 7.02. The lowest BCUT2D eigenvalue weighted by Crippen LogP contribution is -2.67. The van der Waals surface area contributed by atoms with Gasteiger partial charge in [0.05, 0.1) is 6.04 Å². The van der Waals surface area contributed by atoms with Crippen molar-refractivity contribution in [2.75, 3.05) is 0 Å². The molecule has 1 aliphatic heterocycles. The van der Waals surface area contributed by atoms with Gasteiger partial charge in [0.15, 0.2) is 0 Å². The molecule has 3 rings (SSSR count). The smallest absolute Gasteiger partial charge is 0.408 e. The maximum absolute atomic E-state index is 11.7. The first-order chi connectivity index (χ1) is 11.1. The van der Waals surface area contributed by atoms with E-state index in [2.05, 4.69) is 22.8 Å². The molecule has 2 fully saturated rings. The second-order valence-electron chi connectivity index (χ2n) is 6.57. The topological polar surface area (TPSA) is 67.4 Å². The van der Waals surface area contributed by atoms with E-state index in [1.807, 2.05) is 19.1 Å². The molecule has 0 aromatic heterocycles. The summed E-state index contributed by atoms with van der Waals surface area (Å²) in [5.41, 5.74) is 2.35. The molecule has 0 radical (unpaired) electrons. The standard InChI is InChI=1S/C18H24N2O3/c1-12-16(17(21)19-12)20-18(22)23-11-13-7-9-15(10-8-13)14-5-3-2-4-6-14/h7-10,12,14,16H,2-6,11H2,1H3,(H,19,21)(H,20,22)/t12-,16-/m1/s1. The predicted molar refractivity (Wildman–Crippen MR) is 87.0 cm³/mol. The summed E-state index contributed by atoms with van der Waals surface area (Å²) in [5.74, 6) is 0.520. The van der Waals surface area contributed by atoms with Crippen LogP contribution in [0.3, 0.4) is 0 Å². The Hall–Kier alpha value is -2.04. The molecular weight excluding hydrogens is 292 g/mol. The van der Waals surface area contributed by atoms with E-state index in [4.69, 9.17) is 4.74 Å². The van der Waals surface area contributed by atoms with E-state index in [-0.39, 0.29) is 18.6 Å². The Kier molecular flexibility index (Phi) is 4.84. The number of carbonyl (C=O) groups is 2. The Bertz CT molecular complexity index is 564. The van der Waals surface area contributed by atoms with Crippen molar-refractivity contribution in [1.29, 1.82) is 0 Å². The lowest BCUT2D eigenvalue weighted by molar-refractivity contribution is -0.131. The van der Waals surface area contributed by atoms with Crippen LogP contribution in [0.1, 0.15) is 56.1 Å². The van der Waals surface area contributed by atoms with Crippen molar-refractivity contribution in [1.82, 2.24) is 10.6 Å². The van der Waals surface area contributed by atoms with Crippen LogP contribution in [-0.4, -0.2) is 24.1 Å². The van der Waals surface area contributed by atoms with E-state index in [0.29, 0.717) is 5.92 Å². The van der Waals surface area contributed by atoms with Gasteiger partial charge in [-0.15, -0.1) is 0 Å². The zero-order valence-electron chi connectivity index (χ0n) is 13.5. The van der Waals surface area contributed by atoms with Crippen LogP contribution < -0.4 is 10.6 Å². The minimum atomic E-state index is -0.548. The molecule has 5 nitrogen and oxygen atoms in total. The number of hydrogen-bond donors (Lipinski definition) is 2. The molecule has 1 aromatic carbocycles. The van der Waals surface area contributed by atoms with Crippen molar-refractivity contribution >= 4 is 12.0 Å². The molecule has 1 aromatic rings. The zero-order chi connectivity index (χ0) is 16.2. The monoisotopic (exact) mass is 316 g/mol. The third-order valence-corrected chi connectivity index (χ3v) is 4.85. The fourth-order valence-electron chi connectivity index (χ4n) is 3.36. The summed E-state index contributed by atoms with van der Waals surface area (Å²) in [6.07, 6.45) is 6.01. The quantitative estimate of drug-likeness (QED) is 0.839. The Morgan fingerprint density at radius 2 is 1.91 bits per heavy atom. The van der Waals surface area contributed by atoms with Gasteiger partial charge in [0.2, 0.25) is 5.91 Å². The summed E-state index contributed by atoms with van der Waals surface area (Å²) in [4.78, 5) is 23.0. The molecule has 1 heterocycles. The first-order valence-corrected chi connectivity index (χ1v) is 8.46. The molecule has 2 atom stereocenters. The van der Waals surface area contributed by atoms with Gasteiger partial charge >= 0.3 is 6.09 Å². The number of benzene rings is 1. The summed E-state index contributed by atoms with van der Waals surface area (Å²) in [6, 6.07) is 7.83. The summed E-state index contributed by atoms with van der Waals surface area (Å²) in [5, 5.41) is 5.24. The number of amides is 2. The second-order valence-corrected chi connectivity index (χ2v) is 6.57. The summed E-state index contributed by atoms with van der Waals surface area (Å²) < 4.78 is 5.19. The number of alkyl carbamates (subject to hydrolysis) is 1. The van der Waals surface area contributed by atoms with Crippen molar-refractivity contribution in [3.8, 4) is 0 Å². The van der Waals surface area contributed by atoms with Gasteiger partial charge in [-0.3, -0.25) is 4.79 Å². The molecule has 0 spiro atoms. The molecule has 23 heavy (non-hydrogen) atoms. The first-order valence-electron chi connectivity index (χ1n) is 8.46. The van der Waals surface area contributed by atoms with Gasteiger partial charge in [-0.2, -0.15) is 0 Å². The lowest BCUT2D eigenvalue weighted by Gasteiger charge is -2.33. The lowest BCUT2D eigenvalue weighted by atomic mass is 9.84. The van der Waals surface area contributed by atoms with Crippen LogP contribution in [0, 0.1) is 0 Å². The van der Waals surface area contributed by atoms with Crippen LogP contribution in [0.25, 0.3) is 0 Å². The van der Waals surface area contributed by atoms with E-state index in [1.165, 1.54) is 37.7 Å². The average Bonchev–Trinajstić information content (AvgIpc) is 2.59. The highest BCUT2D eigenvalue weighted by molar-refractivity contribution is 5.92. The van der Waals surface area contributed by atoms with Crippen molar-refractivity contribution in [2.24, 2.45) is 0 Å². The van der Waals surface area contributed by atoms with Crippen molar-refractivity contribution in [3.63, 3.8) is 0 Å². The van der Waals surface area contributed by atoms with Crippen LogP contribution >= 0.6 is 0 Å². The molecule has 0 bridgehead atoms. The summed E-state index contributed by atoms with van der Waals surface area (Å²) >= 11 is 0. The highest BCUT2D eigenvalue weighted by Gasteiger charge is 2.37. The SMILES string of the molecule is C[C@H]1NC(=O)[C@@H]1NC(=O)OCc1ccc(C2CCCCC2)cc1. The number of carbonyl (C=O) groups excluding carboxylic acids is 2. The van der Waals surface area contributed by atoms with Gasteiger partial charge in [0.1, 0.15) is 12.6 Å². The highest BCUT2D eigenvalue weighted by Crippen LogP contribution is 2.32. The molecule has 0 unspecified atom stereocenters. The van der Waals surface area contributed by atoms with Gasteiger partial charge in [-0.05, 0) is 36.8 Å². The minimum Gasteiger partial charge on any atom is -0.445 e. The zero-order valence-corrected chi connectivity index (χ0v) is 13.5. The Morgan fingerprint density at radius 3 is 2.52 bits per heavy atom. The number of β-lactam (4-membered cyclic amide) rings is 1. The number of ether oxygens (including phenoxy) is 1. The van der Waals surface area contributed by atoms with Gasteiger partial charge < -0.3 is 15.4 Å². The molecule has 2 amide bonds. The van der Waals surface area contributed by atoms with Crippen molar-refractivity contribution < 1.29 is 14.3 Å². The number of hydrogen-bond acceptors (Lipinski definition) is 3. The van der Waals surface area contributed by atoms with E-state index in [9.17, 15) is 9.59 Å². The number of nitrogens with one attached hydrogen (secondary N) is 2. The Balaban J connectivity index is 1.46. The van der Waals surface area contributed by atoms with Crippen LogP contribution in [0.2, 0.25) is 0 Å². The molecule has 2 aliphatic rings. The van der Waals surface area contributed by atoms with Crippen LogP contribution in [0.4, 0.5) is 4.79 Å². The Morgan fingerprint density at radius 1 is 1.22 bits per heavy atom. The average molecular weight is 316 g/mol. The molecule has 1 saturated carbocycles. The van der Waals surface area contributed by atoms with E-state index < -0.39 is 12.1 Å². The maximum Gasteiger partial charge on any atom is 0.408 e. The fraction of sp³-hybridized carbons (Fsp3) is 0.556. The number of rotatable bonds is 4. The molecule has 2 N–H and O–H groups in total. The highest BCUT2D eigenvalue weighted by atomic mass is 16.5. The van der Waals surface area contributed by atoms with E-state index >= 15 is 0 Å². The molecule has 124 valence electrons. The first kappa shape index (κ1) is 15.8. The third-order valence-electron chi connectivity index (χ3n) is 4.85. The Labute approximate surface area is 136 Å². The van der Waals surface area contributed by atoms with Gasteiger partial charge in [0, 0.05) is 0 Å². The summed E-state index contributed by atoms with van der Waals surface area (Å²) in [6.45, 7) is 2.07. The van der Waals surface area contributed by atoms with Gasteiger partial charge in [-0.1, -0.05) is 43.5 Å². The van der Waals surface area contributed by atoms with Crippen molar-refractivity contribution in [2.45, 2.75) is 63.6 Å². The van der Waals surface area contributed by atoms with Gasteiger partial charge in [-0.25, -0.2) is 4.79 Å². The van der Waals surface area contributed by atoms with E-state index in [0.717, 1.165) is 5.56 Å². The molecular formula is C18H24N2O3. The molecule has 5 heteroatoms. The minimum absolute atomic E-state index is 0.0372. The third kappa shape index (κ3) is 3.84.